The van der Waals surface area contributed by atoms with Gasteiger partial charge >= 0.3 is 0 Å². The molecule has 1 heterocycles. The van der Waals surface area contributed by atoms with Gasteiger partial charge in [-0.2, -0.15) is 0 Å². The molecule has 2 aromatic carbocycles. The van der Waals surface area contributed by atoms with Crippen molar-refractivity contribution in [3.63, 3.8) is 0 Å². The van der Waals surface area contributed by atoms with Crippen molar-refractivity contribution in [1.29, 1.82) is 0 Å². The van der Waals surface area contributed by atoms with Gasteiger partial charge in [0.1, 0.15) is 5.76 Å². The second-order valence-electron chi connectivity index (χ2n) is 5.91. The van der Waals surface area contributed by atoms with E-state index < -0.39 is 17.9 Å². The summed E-state index contributed by atoms with van der Waals surface area (Å²) in [5.41, 5.74) is 1.64. The maximum absolute atomic E-state index is 13.1. The molecule has 1 amide bonds. The van der Waals surface area contributed by atoms with E-state index in [1.54, 1.807) is 12.1 Å². The van der Waals surface area contributed by atoms with Crippen molar-refractivity contribution in [2.24, 2.45) is 0 Å². The van der Waals surface area contributed by atoms with Crippen molar-refractivity contribution in [3.8, 4) is 0 Å². The summed E-state index contributed by atoms with van der Waals surface area (Å²) in [5, 5.41) is 13.9. The predicted octanol–water partition coefficient (Wildman–Crippen LogP) is 2.41. The summed E-state index contributed by atoms with van der Waals surface area (Å²) < 4.78 is 5.28. The maximum Gasteiger partial charge on any atom is 0.232 e. The number of furan rings is 1. The molecule has 0 saturated carbocycles. The molecule has 1 aromatic heterocycles. The summed E-state index contributed by atoms with van der Waals surface area (Å²) in [5.74, 6) is -1.74. The Kier molecular flexibility index (Phi) is 5.49. The van der Waals surface area contributed by atoms with Crippen LogP contribution in [0.1, 0.15) is 35.3 Å². The molecular formula is C21H18NO4-. The molecule has 0 unspecified atom stereocenters. The van der Waals surface area contributed by atoms with Crippen LogP contribution in [-0.2, 0) is 9.59 Å². The molecule has 5 heteroatoms. The van der Waals surface area contributed by atoms with E-state index in [4.69, 9.17) is 4.42 Å². The summed E-state index contributed by atoms with van der Waals surface area (Å²) in [7, 11) is 0. The van der Waals surface area contributed by atoms with Gasteiger partial charge in [-0.25, -0.2) is 0 Å². The molecule has 0 aliphatic rings. The lowest BCUT2D eigenvalue weighted by Gasteiger charge is -2.22. The monoisotopic (exact) mass is 348 g/mol. The predicted molar refractivity (Wildman–Crippen MR) is 93.9 cm³/mol. The van der Waals surface area contributed by atoms with Gasteiger partial charge in [0.2, 0.25) is 5.91 Å². The largest absolute Gasteiger partial charge is 0.550 e. The Labute approximate surface area is 151 Å². The van der Waals surface area contributed by atoms with Crippen molar-refractivity contribution < 1.29 is 19.1 Å². The second kappa shape index (κ2) is 8.16. The van der Waals surface area contributed by atoms with Crippen LogP contribution in [0, 0.1) is 0 Å². The third-order valence-electron chi connectivity index (χ3n) is 4.10. The van der Waals surface area contributed by atoms with Crippen LogP contribution in [0.4, 0.5) is 0 Å². The Morgan fingerprint density at radius 3 is 1.92 bits per heavy atom. The molecule has 0 fully saturated rings. The Bertz CT molecular complexity index is 805. The minimum Gasteiger partial charge on any atom is -0.550 e. The van der Waals surface area contributed by atoms with E-state index in [1.165, 1.54) is 6.26 Å². The number of rotatable bonds is 7. The lowest BCUT2D eigenvalue weighted by atomic mass is 9.90. The number of benzene rings is 2. The van der Waals surface area contributed by atoms with Crippen LogP contribution in [-0.4, -0.2) is 11.9 Å². The van der Waals surface area contributed by atoms with E-state index in [0.29, 0.717) is 5.76 Å². The standard InChI is InChI=1S/C21H19NO4/c23-19(24)14-17(18-12-7-13-26-18)22-21(25)20(15-8-3-1-4-9-15)16-10-5-2-6-11-16/h1-13,17,20H,14H2,(H,22,25)(H,23,24)/p-1/t17-/m1/s1. The topological polar surface area (TPSA) is 82.4 Å². The summed E-state index contributed by atoms with van der Waals surface area (Å²) >= 11 is 0. The minimum atomic E-state index is -1.26. The van der Waals surface area contributed by atoms with Crippen molar-refractivity contribution >= 4 is 11.9 Å². The highest BCUT2D eigenvalue weighted by Gasteiger charge is 2.26. The molecule has 132 valence electrons. The zero-order valence-electron chi connectivity index (χ0n) is 14.0. The van der Waals surface area contributed by atoms with Crippen molar-refractivity contribution in [3.05, 3.63) is 95.9 Å². The van der Waals surface area contributed by atoms with Crippen LogP contribution < -0.4 is 10.4 Å². The zero-order valence-corrected chi connectivity index (χ0v) is 14.0. The first-order valence-corrected chi connectivity index (χ1v) is 8.28. The van der Waals surface area contributed by atoms with Crippen LogP contribution in [0.25, 0.3) is 0 Å². The Morgan fingerprint density at radius 2 is 1.46 bits per heavy atom. The highest BCUT2D eigenvalue weighted by Crippen LogP contribution is 2.27. The summed E-state index contributed by atoms with van der Waals surface area (Å²) in [6.45, 7) is 0. The molecule has 0 aliphatic carbocycles. The molecule has 1 N–H and O–H groups in total. The highest BCUT2D eigenvalue weighted by molar-refractivity contribution is 5.87. The first-order valence-electron chi connectivity index (χ1n) is 8.28. The van der Waals surface area contributed by atoms with Crippen LogP contribution in [0.15, 0.2) is 83.5 Å². The molecule has 3 rings (SSSR count). The van der Waals surface area contributed by atoms with Gasteiger partial charge < -0.3 is 19.6 Å². The Morgan fingerprint density at radius 1 is 0.885 bits per heavy atom. The maximum atomic E-state index is 13.1. The number of carboxylic acids is 1. The summed E-state index contributed by atoms with van der Waals surface area (Å²) in [6.07, 6.45) is 1.07. The lowest BCUT2D eigenvalue weighted by Crippen LogP contribution is -2.37. The molecule has 1 atom stereocenters. The Hall–Kier alpha value is -3.34. The molecule has 26 heavy (non-hydrogen) atoms. The highest BCUT2D eigenvalue weighted by atomic mass is 16.4. The number of carbonyl (C=O) groups excluding carboxylic acids is 2. The summed E-state index contributed by atoms with van der Waals surface area (Å²) in [4.78, 5) is 24.2. The van der Waals surface area contributed by atoms with Gasteiger partial charge in [-0.15, -0.1) is 0 Å². The molecule has 0 bridgehead atoms. The zero-order chi connectivity index (χ0) is 18.4. The van der Waals surface area contributed by atoms with E-state index >= 15 is 0 Å². The summed E-state index contributed by atoms with van der Waals surface area (Å²) in [6, 6.07) is 21.2. The number of hydrogen-bond donors (Lipinski definition) is 1. The lowest BCUT2D eigenvalue weighted by molar-refractivity contribution is -0.306. The number of aliphatic carboxylic acids is 1. The van der Waals surface area contributed by atoms with E-state index in [-0.39, 0.29) is 12.3 Å². The smallest absolute Gasteiger partial charge is 0.232 e. The molecule has 0 saturated heterocycles. The molecular weight excluding hydrogens is 330 g/mol. The van der Waals surface area contributed by atoms with Gasteiger partial charge in [-0.3, -0.25) is 4.79 Å². The first kappa shape index (κ1) is 17.5. The second-order valence-corrected chi connectivity index (χ2v) is 5.91. The Balaban J connectivity index is 1.91. The molecule has 3 aromatic rings. The third kappa shape index (κ3) is 4.19. The average Bonchev–Trinajstić information content (AvgIpc) is 3.17. The minimum absolute atomic E-state index is 0.301. The van der Waals surface area contributed by atoms with Crippen molar-refractivity contribution in [2.45, 2.75) is 18.4 Å². The van der Waals surface area contributed by atoms with E-state index in [9.17, 15) is 14.7 Å². The SMILES string of the molecule is O=C([O-])C[C@@H](NC(=O)C(c1ccccc1)c1ccccc1)c1ccco1. The van der Waals surface area contributed by atoms with Crippen LogP contribution in [0.3, 0.4) is 0 Å². The molecule has 0 radical (unpaired) electrons. The number of carboxylic acid groups (broad SMARTS) is 1. The van der Waals surface area contributed by atoms with Crippen molar-refractivity contribution in [2.75, 3.05) is 0 Å². The van der Waals surface area contributed by atoms with Crippen LogP contribution >= 0.6 is 0 Å². The number of carbonyl (C=O) groups is 2. The number of nitrogens with one attached hydrogen (secondary N) is 1. The molecule has 0 spiro atoms. The third-order valence-corrected chi connectivity index (χ3v) is 4.10. The quantitative estimate of drug-likeness (QED) is 0.711. The van der Waals surface area contributed by atoms with Crippen LogP contribution in [0.2, 0.25) is 0 Å². The molecule has 0 aliphatic heterocycles. The normalized spacial score (nSPS) is 11.9. The number of amides is 1. The van der Waals surface area contributed by atoms with Gasteiger partial charge in [-0.05, 0) is 23.3 Å². The van der Waals surface area contributed by atoms with Crippen molar-refractivity contribution in [1.82, 2.24) is 5.32 Å². The molecule has 5 nitrogen and oxygen atoms in total. The van der Waals surface area contributed by atoms with Gasteiger partial charge in [0.05, 0.1) is 18.2 Å². The average molecular weight is 348 g/mol. The van der Waals surface area contributed by atoms with E-state index in [0.717, 1.165) is 11.1 Å². The first-order chi connectivity index (χ1) is 12.6. The van der Waals surface area contributed by atoms with Gasteiger partial charge in [0.15, 0.2) is 0 Å². The van der Waals surface area contributed by atoms with E-state index in [1.807, 2.05) is 60.7 Å². The fraction of sp³-hybridized carbons (Fsp3) is 0.143. The van der Waals surface area contributed by atoms with E-state index in [2.05, 4.69) is 5.32 Å². The number of hydrogen-bond acceptors (Lipinski definition) is 4. The van der Waals surface area contributed by atoms with Gasteiger partial charge in [-0.1, -0.05) is 60.7 Å². The van der Waals surface area contributed by atoms with Gasteiger partial charge in [0, 0.05) is 12.4 Å². The fourth-order valence-corrected chi connectivity index (χ4v) is 2.92. The fourth-order valence-electron chi connectivity index (χ4n) is 2.92. The van der Waals surface area contributed by atoms with Gasteiger partial charge in [0.25, 0.3) is 0 Å². The van der Waals surface area contributed by atoms with Crippen LogP contribution in [0.5, 0.6) is 0 Å².